The zero-order chi connectivity index (χ0) is 19.8. The maximum Gasteiger partial charge on any atom is 0.241 e. The van der Waals surface area contributed by atoms with Gasteiger partial charge in [-0.2, -0.15) is 0 Å². The first-order chi connectivity index (χ1) is 13.6. The molecule has 1 aromatic heterocycles. The molecule has 0 spiro atoms. The Bertz CT molecular complexity index is 867. The van der Waals surface area contributed by atoms with Crippen LogP contribution >= 0.6 is 0 Å². The minimum atomic E-state index is -0.246. The molecule has 28 heavy (non-hydrogen) atoms. The Hall–Kier alpha value is -3.18. The third-order valence-electron chi connectivity index (χ3n) is 4.59. The molecule has 0 fully saturated rings. The summed E-state index contributed by atoms with van der Waals surface area (Å²) in [5.74, 6) is 1.47. The Balaban J connectivity index is 1.50. The lowest BCUT2D eigenvalue weighted by Gasteiger charge is -2.23. The van der Waals surface area contributed by atoms with E-state index in [2.05, 4.69) is 10.3 Å². The van der Waals surface area contributed by atoms with Gasteiger partial charge in [-0.25, -0.2) is 0 Å². The zero-order valence-corrected chi connectivity index (χ0v) is 16.2. The SMILES string of the molecule is CC(C(=O)Nc1ccc(Oc2ccccc2)cc1)N(C)CCc1ccccn1. The van der Waals surface area contributed by atoms with Crippen LogP contribution in [0.25, 0.3) is 0 Å². The summed E-state index contributed by atoms with van der Waals surface area (Å²) in [5, 5.41) is 2.96. The number of amides is 1. The number of ether oxygens (including phenoxy) is 1. The summed E-state index contributed by atoms with van der Waals surface area (Å²) < 4.78 is 5.77. The second-order valence-corrected chi connectivity index (χ2v) is 6.66. The van der Waals surface area contributed by atoms with Crippen molar-refractivity contribution in [3.63, 3.8) is 0 Å². The van der Waals surface area contributed by atoms with Crippen molar-refractivity contribution in [1.82, 2.24) is 9.88 Å². The Morgan fingerprint density at radius 1 is 1.00 bits per heavy atom. The van der Waals surface area contributed by atoms with Gasteiger partial charge in [0.2, 0.25) is 5.91 Å². The molecule has 0 radical (unpaired) electrons. The fraction of sp³-hybridized carbons (Fsp3) is 0.217. The maximum atomic E-state index is 12.5. The van der Waals surface area contributed by atoms with E-state index in [0.29, 0.717) is 0 Å². The predicted octanol–water partition coefficient (Wildman–Crippen LogP) is 4.38. The lowest BCUT2D eigenvalue weighted by molar-refractivity contribution is -0.120. The lowest BCUT2D eigenvalue weighted by atomic mass is 10.2. The molecule has 1 amide bonds. The molecule has 1 heterocycles. The van der Waals surface area contributed by atoms with Crippen molar-refractivity contribution < 1.29 is 9.53 Å². The van der Waals surface area contributed by atoms with Gasteiger partial charge >= 0.3 is 0 Å². The second kappa shape index (κ2) is 9.67. The highest BCUT2D eigenvalue weighted by Crippen LogP contribution is 2.22. The Labute approximate surface area is 166 Å². The van der Waals surface area contributed by atoms with Gasteiger partial charge in [-0.15, -0.1) is 0 Å². The highest BCUT2D eigenvalue weighted by atomic mass is 16.5. The molecule has 1 N–H and O–H groups in total. The summed E-state index contributed by atoms with van der Waals surface area (Å²) in [5.41, 5.74) is 1.77. The van der Waals surface area contributed by atoms with E-state index < -0.39 is 0 Å². The number of hydrogen-bond donors (Lipinski definition) is 1. The number of rotatable bonds is 8. The number of likely N-dealkylation sites (N-methyl/N-ethyl adjacent to an activating group) is 1. The van der Waals surface area contributed by atoms with Crippen molar-refractivity contribution in [2.45, 2.75) is 19.4 Å². The summed E-state index contributed by atoms with van der Waals surface area (Å²) >= 11 is 0. The van der Waals surface area contributed by atoms with E-state index in [0.717, 1.165) is 35.8 Å². The van der Waals surface area contributed by atoms with E-state index in [4.69, 9.17) is 4.74 Å². The Morgan fingerprint density at radius 2 is 1.68 bits per heavy atom. The minimum absolute atomic E-state index is 0.0414. The Morgan fingerprint density at radius 3 is 2.36 bits per heavy atom. The number of hydrogen-bond acceptors (Lipinski definition) is 4. The highest BCUT2D eigenvalue weighted by Gasteiger charge is 2.18. The quantitative estimate of drug-likeness (QED) is 0.635. The zero-order valence-electron chi connectivity index (χ0n) is 16.2. The topological polar surface area (TPSA) is 54.5 Å². The first kappa shape index (κ1) is 19.6. The summed E-state index contributed by atoms with van der Waals surface area (Å²) in [7, 11) is 1.95. The van der Waals surface area contributed by atoms with Crippen molar-refractivity contribution in [3.8, 4) is 11.5 Å². The van der Waals surface area contributed by atoms with Gasteiger partial charge in [0.25, 0.3) is 0 Å². The average Bonchev–Trinajstić information content (AvgIpc) is 2.74. The van der Waals surface area contributed by atoms with Crippen molar-refractivity contribution in [3.05, 3.63) is 84.7 Å². The number of anilines is 1. The third kappa shape index (κ3) is 5.66. The van der Waals surface area contributed by atoms with Gasteiger partial charge < -0.3 is 10.1 Å². The van der Waals surface area contributed by atoms with Crippen LogP contribution in [0.4, 0.5) is 5.69 Å². The van der Waals surface area contributed by atoms with Crippen LogP contribution in [0.5, 0.6) is 11.5 Å². The molecule has 0 bridgehead atoms. The van der Waals surface area contributed by atoms with E-state index in [9.17, 15) is 4.79 Å². The van der Waals surface area contributed by atoms with E-state index in [1.54, 1.807) is 6.20 Å². The molecule has 2 aromatic carbocycles. The van der Waals surface area contributed by atoms with Crippen LogP contribution in [0.15, 0.2) is 79.0 Å². The maximum absolute atomic E-state index is 12.5. The molecule has 144 valence electrons. The van der Waals surface area contributed by atoms with Crippen LogP contribution in [0.1, 0.15) is 12.6 Å². The smallest absolute Gasteiger partial charge is 0.241 e. The van der Waals surface area contributed by atoms with Gasteiger partial charge in [0, 0.05) is 30.5 Å². The molecule has 0 saturated heterocycles. The standard InChI is InChI=1S/C23H25N3O2/c1-18(26(2)17-15-19-8-6-7-16-24-19)23(27)25-20-11-13-22(14-12-20)28-21-9-4-3-5-10-21/h3-14,16,18H,15,17H2,1-2H3,(H,25,27). The van der Waals surface area contributed by atoms with Gasteiger partial charge in [-0.1, -0.05) is 24.3 Å². The largest absolute Gasteiger partial charge is 0.457 e. The molecule has 3 rings (SSSR count). The monoisotopic (exact) mass is 375 g/mol. The number of carbonyl (C=O) groups is 1. The van der Waals surface area contributed by atoms with Crippen molar-refractivity contribution >= 4 is 11.6 Å². The van der Waals surface area contributed by atoms with Crippen LogP contribution in [-0.2, 0) is 11.2 Å². The molecular weight excluding hydrogens is 350 g/mol. The average molecular weight is 375 g/mol. The van der Waals surface area contributed by atoms with Crippen LogP contribution in [0.2, 0.25) is 0 Å². The number of aromatic nitrogens is 1. The number of pyridine rings is 1. The van der Waals surface area contributed by atoms with Crippen molar-refractivity contribution in [1.29, 1.82) is 0 Å². The third-order valence-corrected chi connectivity index (χ3v) is 4.59. The molecule has 5 nitrogen and oxygen atoms in total. The van der Waals surface area contributed by atoms with Crippen LogP contribution in [0, 0.1) is 0 Å². The van der Waals surface area contributed by atoms with Crippen LogP contribution in [-0.4, -0.2) is 35.4 Å². The predicted molar refractivity (Wildman–Crippen MR) is 112 cm³/mol. The van der Waals surface area contributed by atoms with Crippen molar-refractivity contribution in [2.75, 3.05) is 18.9 Å². The summed E-state index contributed by atoms with van der Waals surface area (Å²) in [6.07, 6.45) is 2.59. The summed E-state index contributed by atoms with van der Waals surface area (Å²) in [4.78, 5) is 18.9. The fourth-order valence-electron chi connectivity index (χ4n) is 2.71. The Kier molecular flexibility index (Phi) is 6.76. The van der Waals surface area contributed by atoms with E-state index >= 15 is 0 Å². The molecule has 0 aliphatic carbocycles. The molecular formula is C23H25N3O2. The summed E-state index contributed by atoms with van der Waals surface area (Å²) in [6.45, 7) is 2.66. The summed E-state index contributed by atoms with van der Waals surface area (Å²) in [6, 6.07) is 22.6. The van der Waals surface area contributed by atoms with E-state index in [1.165, 1.54) is 0 Å². The molecule has 1 unspecified atom stereocenters. The van der Waals surface area contributed by atoms with Crippen LogP contribution < -0.4 is 10.1 Å². The van der Waals surface area contributed by atoms with E-state index in [-0.39, 0.29) is 11.9 Å². The fourth-order valence-corrected chi connectivity index (χ4v) is 2.71. The minimum Gasteiger partial charge on any atom is -0.457 e. The number of nitrogens with zero attached hydrogens (tertiary/aromatic N) is 2. The molecule has 0 aliphatic heterocycles. The van der Waals surface area contributed by atoms with Gasteiger partial charge in [-0.3, -0.25) is 14.7 Å². The molecule has 0 aliphatic rings. The van der Waals surface area contributed by atoms with Gasteiger partial charge in [0.05, 0.1) is 6.04 Å². The molecule has 0 saturated carbocycles. The van der Waals surface area contributed by atoms with Crippen LogP contribution in [0.3, 0.4) is 0 Å². The molecule has 5 heteroatoms. The van der Waals surface area contributed by atoms with E-state index in [1.807, 2.05) is 91.7 Å². The van der Waals surface area contributed by atoms with Gasteiger partial charge in [-0.05, 0) is 62.5 Å². The van der Waals surface area contributed by atoms with Gasteiger partial charge in [0.15, 0.2) is 0 Å². The number of para-hydroxylation sites is 1. The number of benzene rings is 2. The normalized spacial score (nSPS) is 11.8. The number of nitrogens with one attached hydrogen (secondary N) is 1. The second-order valence-electron chi connectivity index (χ2n) is 6.66. The van der Waals surface area contributed by atoms with Gasteiger partial charge in [0.1, 0.15) is 11.5 Å². The number of carbonyl (C=O) groups excluding carboxylic acids is 1. The first-order valence-corrected chi connectivity index (χ1v) is 9.36. The van der Waals surface area contributed by atoms with Crippen molar-refractivity contribution in [2.24, 2.45) is 0 Å². The molecule has 3 aromatic rings. The lowest BCUT2D eigenvalue weighted by Crippen LogP contribution is -2.40. The molecule has 1 atom stereocenters. The highest BCUT2D eigenvalue weighted by molar-refractivity contribution is 5.94. The first-order valence-electron chi connectivity index (χ1n) is 9.36.